The first-order valence-corrected chi connectivity index (χ1v) is 10.0. The molecule has 1 aromatic carbocycles. The minimum Gasteiger partial charge on any atom is -0.302 e. The van der Waals surface area contributed by atoms with Crippen LogP contribution >= 0.6 is 23.7 Å². The van der Waals surface area contributed by atoms with Gasteiger partial charge in [-0.1, -0.05) is 44.1 Å². The first-order valence-electron chi connectivity index (χ1n) is 9.22. The van der Waals surface area contributed by atoms with Gasteiger partial charge in [-0.3, -0.25) is 9.69 Å². The lowest BCUT2D eigenvalue weighted by Gasteiger charge is -2.26. The van der Waals surface area contributed by atoms with E-state index >= 15 is 0 Å². The number of amides is 1. The van der Waals surface area contributed by atoms with E-state index in [4.69, 9.17) is 0 Å². The van der Waals surface area contributed by atoms with Gasteiger partial charge in [-0.15, -0.1) is 12.4 Å². The summed E-state index contributed by atoms with van der Waals surface area (Å²) in [6, 6.07) is 4.98. The first kappa shape index (κ1) is 21.1. The van der Waals surface area contributed by atoms with Gasteiger partial charge >= 0.3 is 0 Å². The van der Waals surface area contributed by atoms with Crippen LogP contribution in [0.5, 0.6) is 0 Å². The Kier molecular flexibility index (Phi) is 7.80. The summed E-state index contributed by atoms with van der Waals surface area (Å²) in [6.45, 7) is 7.58. The number of benzene rings is 1. The molecule has 4 nitrogen and oxygen atoms in total. The van der Waals surface area contributed by atoms with Crippen molar-refractivity contribution in [2.45, 2.75) is 39.5 Å². The van der Waals surface area contributed by atoms with Crippen molar-refractivity contribution in [2.24, 2.45) is 5.92 Å². The number of fused-ring (bicyclic) bond motifs is 1. The predicted molar refractivity (Wildman–Crippen MR) is 109 cm³/mol. The Morgan fingerprint density at radius 2 is 1.92 bits per heavy atom. The van der Waals surface area contributed by atoms with Gasteiger partial charge in [0.05, 0.1) is 4.70 Å². The number of likely N-dealkylation sites (N-methyl/N-ethyl adjacent to an activating group) is 1. The fourth-order valence-electron chi connectivity index (χ4n) is 3.49. The van der Waals surface area contributed by atoms with Crippen molar-refractivity contribution in [2.75, 3.05) is 31.1 Å². The lowest BCUT2D eigenvalue weighted by Crippen LogP contribution is -2.41. The summed E-state index contributed by atoms with van der Waals surface area (Å²) < 4.78 is 14.8. The van der Waals surface area contributed by atoms with Crippen molar-refractivity contribution in [3.8, 4) is 0 Å². The highest BCUT2D eigenvalue weighted by molar-refractivity contribution is 7.22. The summed E-state index contributed by atoms with van der Waals surface area (Å²) in [7, 11) is 0. The molecule has 0 bridgehead atoms. The average molecular weight is 400 g/mol. The molecule has 1 saturated carbocycles. The van der Waals surface area contributed by atoms with Crippen molar-refractivity contribution in [3.05, 3.63) is 24.0 Å². The summed E-state index contributed by atoms with van der Waals surface area (Å²) in [5.41, 5.74) is 0.370. The van der Waals surface area contributed by atoms with Gasteiger partial charge in [-0.2, -0.15) is 0 Å². The smallest absolute Gasteiger partial charge is 0.231 e. The van der Waals surface area contributed by atoms with Crippen LogP contribution in [0.4, 0.5) is 9.52 Å². The number of hydrogen-bond acceptors (Lipinski definition) is 4. The molecule has 0 aliphatic heterocycles. The lowest BCUT2D eigenvalue weighted by molar-refractivity contribution is -0.122. The Hall–Kier alpha value is -1.24. The van der Waals surface area contributed by atoms with Crippen molar-refractivity contribution in [1.29, 1.82) is 0 Å². The number of hydrogen-bond donors (Lipinski definition) is 0. The Morgan fingerprint density at radius 3 is 2.54 bits per heavy atom. The third-order valence-corrected chi connectivity index (χ3v) is 6.14. The normalized spacial score (nSPS) is 14.8. The zero-order chi connectivity index (χ0) is 17.8. The molecule has 0 spiro atoms. The fourth-order valence-corrected chi connectivity index (χ4v) is 4.50. The maximum atomic E-state index is 14.0. The van der Waals surface area contributed by atoms with Gasteiger partial charge in [0.1, 0.15) is 11.3 Å². The van der Waals surface area contributed by atoms with E-state index in [1.165, 1.54) is 17.4 Å². The Bertz CT molecular complexity index is 729. The van der Waals surface area contributed by atoms with Gasteiger partial charge in [0.25, 0.3) is 0 Å². The lowest BCUT2D eigenvalue weighted by atomic mass is 10.1. The quantitative estimate of drug-likeness (QED) is 0.675. The second-order valence-electron chi connectivity index (χ2n) is 6.58. The molecular formula is C19H27ClFN3OS. The number of nitrogens with zero attached hydrogens (tertiary/aromatic N) is 3. The number of rotatable bonds is 7. The second kappa shape index (κ2) is 9.62. The molecule has 1 heterocycles. The first-order chi connectivity index (χ1) is 12.1. The van der Waals surface area contributed by atoms with Crippen LogP contribution in [0.1, 0.15) is 39.5 Å². The van der Waals surface area contributed by atoms with Crippen molar-refractivity contribution in [1.82, 2.24) is 9.88 Å². The predicted octanol–water partition coefficient (Wildman–Crippen LogP) is 4.72. The minimum absolute atomic E-state index is 0. The fraction of sp³-hybridized carbons (Fsp3) is 0.579. The Balaban J connectivity index is 0.00000243. The molecule has 0 atom stereocenters. The summed E-state index contributed by atoms with van der Waals surface area (Å²) in [5.74, 6) is -0.0744. The van der Waals surface area contributed by atoms with E-state index in [1.54, 1.807) is 11.0 Å². The molecule has 144 valence electrons. The van der Waals surface area contributed by atoms with Crippen LogP contribution in [-0.4, -0.2) is 42.0 Å². The van der Waals surface area contributed by atoms with Crippen molar-refractivity contribution < 1.29 is 9.18 Å². The summed E-state index contributed by atoms with van der Waals surface area (Å²) in [4.78, 5) is 21.6. The van der Waals surface area contributed by atoms with Crippen LogP contribution in [0, 0.1) is 11.7 Å². The van der Waals surface area contributed by atoms with Gasteiger partial charge in [-0.05, 0) is 38.1 Å². The summed E-state index contributed by atoms with van der Waals surface area (Å²) in [5, 5.41) is 0.629. The number of para-hydroxylation sites is 1. The Morgan fingerprint density at radius 1 is 1.23 bits per heavy atom. The molecule has 1 aromatic heterocycles. The molecule has 1 amide bonds. The molecule has 1 aliphatic carbocycles. The second-order valence-corrected chi connectivity index (χ2v) is 7.59. The average Bonchev–Trinajstić information content (AvgIpc) is 3.28. The maximum absolute atomic E-state index is 14.0. The van der Waals surface area contributed by atoms with Crippen LogP contribution in [0.25, 0.3) is 10.2 Å². The molecule has 0 N–H and O–H groups in total. The van der Waals surface area contributed by atoms with E-state index < -0.39 is 0 Å². The third kappa shape index (κ3) is 4.53. The van der Waals surface area contributed by atoms with Crippen LogP contribution in [0.15, 0.2) is 18.2 Å². The molecule has 7 heteroatoms. The van der Waals surface area contributed by atoms with Crippen LogP contribution in [0.2, 0.25) is 0 Å². The number of carbonyl (C=O) groups is 1. The van der Waals surface area contributed by atoms with E-state index in [1.807, 2.05) is 6.07 Å². The van der Waals surface area contributed by atoms with Gasteiger partial charge in [0, 0.05) is 19.0 Å². The SMILES string of the molecule is CCN(CC)CCN(C(=O)C1CCCC1)c1nc2c(F)cccc2s1.Cl. The minimum atomic E-state index is -0.322. The highest BCUT2D eigenvalue weighted by Gasteiger charge is 2.30. The highest BCUT2D eigenvalue weighted by atomic mass is 35.5. The van der Waals surface area contributed by atoms with Crippen LogP contribution in [0.3, 0.4) is 0 Å². The van der Waals surface area contributed by atoms with Crippen molar-refractivity contribution in [3.63, 3.8) is 0 Å². The molecular weight excluding hydrogens is 373 g/mol. The highest BCUT2D eigenvalue weighted by Crippen LogP contribution is 2.33. The Labute approximate surface area is 164 Å². The number of aromatic nitrogens is 1. The summed E-state index contributed by atoms with van der Waals surface area (Å²) in [6.07, 6.45) is 4.16. The van der Waals surface area contributed by atoms with Crippen LogP contribution < -0.4 is 4.90 Å². The standard InChI is InChI=1S/C19H26FN3OS.ClH/c1-3-22(4-2)12-13-23(18(24)14-8-5-6-9-14)19-21-17-15(20)10-7-11-16(17)25-19;/h7,10-11,14H,3-6,8-9,12-13H2,1-2H3;1H. The number of carbonyl (C=O) groups excluding carboxylic acids is 1. The molecule has 1 aliphatic rings. The topological polar surface area (TPSA) is 36.4 Å². The maximum Gasteiger partial charge on any atom is 0.231 e. The van der Waals surface area contributed by atoms with Gasteiger partial charge < -0.3 is 4.90 Å². The van der Waals surface area contributed by atoms with E-state index in [0.29, 0.717) is 17.2 Å². The van der Waals surface area contributed by atoms with E-state index in [2.05, 4.69) is 23.7 Å². The summed E-state index contributed by atoms with van der Waals surface area (Å²) >= 11 is 1.41. The van der Waals surface area contributed by atoms with E-state index in [-0.39, 0.29) is 30.0 Å². The third-order valence-electron chi connectivity index (χ3n) is 5.09. The van der Waals surface area contributed by atoms with Gasteiger partial charge in [0.15, 0.2) is 5.13 Å². The zero-order valence-corrected chi connectivity index (χ0v) is 17.0. The van der Waals surface area contributed by atoms with Gasteiger partial charge in [-0.25, -0.2) is 9.37 Å². The number of anilines is 1. The molecule has 26 heavy (non-hydrogen) atoms. The van der Waals surface area contributed by atoms with Crippen molar-refractivity contribution >= 4 is 45.0 Å². The molecule has 1 fully saturated rings. The zero-order valence-electron chi connectivity index (χ0n) is 15.4. The molecule has 2 aromatic rings. The number of halogens is 2. The van der Waals surface area contributed by atoms with Gasteiger partial charge in [0.2, 0.25) is 5.91 Å². The van der Waals surface area contributed by atoms with E-state index in [9.17, 15) is 9.18 Å². The van der Waals surface area contributed by atoms with Crippen LogP contribution in [-0.2, 0) is 4.79 Å². The molecule has 0 saturated heterocycles. The largest absolute Gasteiger partial charge is 0.302 e. The molecule has 0 unspecified atom stereocenters. The van der Waals surface area contributed by atoms with E-state index in [0.717, 1.165) is 50.0 Å². The number of thiazole rings is 1. The molecule has 0 radical (unpaired) electrons. The monoisotopic (exact) mass is 399 g/mol. The molecule has 3 rings (SSSR count).